The fraction of sp³-hybridized carbons (Fsp3) is 0.429. The van der Waals surface area contributed by atoms with Crippen LogP contribution in [0.2, 0.25) is 0 Å². The molecule has 1 aliphatic heterocycles. The Labute approximate surface area is 107 Å². The van der Waals surface area contributed by atoms with Crippen LogP contribution < -0.4 is 5.73 Å². The van der Waals surface area contributed by atoms with E-state index in [1.807, 2.05) is 30.3 Å². The standard InChI is InChI=1S/C14H18N2O2/c15-14(18)12-8-4-5-9-16(12)13(17)10-11-6-2-1-3-7-11/h1-3,6-7,12H,4-5,8-10H2,(H2,15,18)/t12-/m1/s1. The van der Waals surface area contributed by atoms with Crippen molar-refractivity contribution in [1.29, 1.82) is 0 Å². The van der Waals surface area contributed by atoms with Crippen molar-refractivity contribution in [3.63, 3.8) is 0 Å². The second-order valence-electron chi connectivity index (χ2n) is 4.66. The zero-order chi connectivity index (χ0) is 13.0. The topological polar surface area (TPSA) is 63.4 Å². The van der Waals surface area contributed by atoms with Crippen molar-refractivity contribution < 1.29 is 9.59 Å². The van der Waals surface area contributed by atoms with E-state index in [2.05, 4.69) is 0 Å². The van der Waals surface area contributed by atoms with E-state index in [4.69, 9.17) is 5.73 Å². The van der Waals surface area contributed by atoms with Crippen molar-refractivity contribution in [3.05, 3.63) is 35.9 Å². The summed E-state index contributed by atoms with van der Waals surface area (Å²) in [6.45, 7) is 0.638. The van der Waals surface area contributed by atoms with E-state index >= 15 is 0 Å². The fourth-order valence-corrected chi connectivity index (χ4v) is 2.40. The lowest BCUT2D eigenvalue weighted by atomic mass is 10.0. The molecule has 0 unspecified atom stereocenters. The number of hydrogen-bond acceptors (Lipinski definition) is 2. The van der Waals surface area contributed by atoms with Crippen LogP contribution in [0.3, 0.4) is 0 Å². The molecular weight excluding hydrogens is 228 g/mol. The van der Waals surface area contributed by atoms with Crippen LogP contribution in [0.1, 0.15) is 24.8 Å². The number of hydrogen-bond donors (Lipinski definition) is 1. The smallest absolute Gasteiger partial charge is 0.240 e. The summed E-state index contributed by atoms with van der Waals surface area (Å²) in [6, 6.07) is 9.15. The first kappa shape index (κ1) is 12.6. The number of benzene rings is 1. The van der Waals surface area contributed by atoms with Crippen LogP contribution in [0, 0.1) is 0 Å². The molecule has 2 amide bonds. The highest BCUT2D eigenvalue weighted by Crippen LogP contribution is 2.18. The van der Waals surface area contributed by atoms with Gasteiger partial charge in [-0.25, -0.2) is 0 Å². The molecule has 0 aromatic heterocycles. The molecule has 1 atom stereocenters. The highest BCUT2D eigenvalue weighted by Gasteiger charge is 2.30. The quantitative estimate of drug-likeness (QED) is 0.868. The van der Waals surface area contributed by atoms with Gasteiger partial charge in [0, 0.05) is 6.54 Å². The van der Waals surface area contributed by atoms with Gasteiger partial charge in [0.25, 0.3) is 0 Å². The van der Waals surface area contributed by atoms with E-state index in [-0.39, 0.29) is 5.91 Å². The summed E-state index contributed by atoms with van der Waals surface area (Å²) in [7, 11) is 0. The van der Waals surface area contributed by atoms with Gasteiger partial charge in [-0.15, -0.1) is 0 Å². The average Bonchev–Trinajstić information content (AvgIpc) is 2.40. The van der Waals surface area contributed by atoms with Gasteiger partial charge in [-0.2, -0.15) is 0 Å². The number of primary amides is 1. The van der Waals surface area contributed by atoms with Crippen LogP contribution in [0.5, 0.6) is 0 Å². The lowest BCUT2D eigenvalue weighted by molar-refractivity contribution is -0.140. The zero-order valence-corrected chi connectivity index (χ0v) is 10.3. The number of rotatable bonds is 3. The monoisotopic (exact) mass is 246 g/mol. The fourth-order valence-electron chi connectivity index (χ4n) is 2.40. The van der Waals surface area contributed by atoms with E-state index in [9.17, 15) is 9.59 Å². The largest absolute Gasteiger partial charge is 0.368 e. The molecule has 0 bridgehead atoms. The van der Waals surface area contributed by atoms with Gasteiger partial charge >= 0.3 is 0 Å². The minimum Gasteiger partial charge on any atom is -0.368 e. The molecule has 1 aliphatic rings. The highest BCUT2D eigenvalue weighted by atomic mass is 16.2. The molecule has 0 radical (unpaired) electrons. The van der Waals surface area contributed by atoms with E-state index in [0.29, 0.717) is 19.4 Å². The van der Waals surface area contributed by atoms with Gasteiger partial charge in [0.1, 0.15) is 6.04 Å². The lowest BCUT2D eigenvalue weighted by Gasteiger charge is -2.33. The summed E-state index contributed by atoms with van der Waals surface area (Å²) >= 11 is 0. The molecule has 1 fully saturated rings. The molecule has 0 aliphatic carbocycles. The van der Waals surface area contributed by atoms with Crippen molar-refractivity contribution >= 4 is 11.8 Å². The molecule has 1 heterocycles. The predicted octanol–water partition coefficient (Wildman–Crippen LogP) is 1.10. The molecule has 1 aromatic rings. The van der Waals surface area contributed by atoms with Gasteiger partial charge in [0.2, 0.25) is 11.8 Å². The molecule has 1 saturated heterocycles. The zero-order valence-electron chi connectivity index (χ0n) is 10.3. The first-order valence-corrected chi connectivity index (χ1v) is 6.31. The number of nitrogens with two attached hydrogens (primary N) is 1. The summed E-state index contributed by atoms with van der Waals surface area (Å²) in [5.74, 6) is -0.402. The number of carbonyl (C=O) groups excluding carboxylic acids is 2. The van der Waals surface area contributed by atoms with Crippen LogP contribution in [0.25, 0.3) is 0 Å². The average molecular weight is 246 g/mol. The molecule has 18 heavy (non-hydrogen) atoms. The van der Waals surface area contributed by atoms with Crippen LogP contribution in [-0.4, -0.2) is 29.3 Å². The van der Waals surface area contributed by atoms with Gasteiger partial charge in [-0.1, -0.05) is 30.3 Å². The summed E-state index contributed by atoms with van der Waals surface area (Å²) in [5.41, 5.74) is 6.32. The maximum atomic E-state index is 12.2. The Morgan fingerprint density at radius 2 is 1.94 bits per heavy atom. The number of piperidine rings is 1. The van der Waals surface area contributed by atoms with E-state index in [1.165, 1.54) is 0 Å². The van der Waals surface area contributed by atoms with Gasteiger partial charge in [0.05, 0.1) is 6.42 Å². The van der Waals surface area contributed by atoms with Crippen LogP contribution in [0.4, 0.5) is 0 Å². The Kier molecular flexibility index (Phi) is 3.97. The normalized spacial score (nSPS) is 19.6. The van der Waals surface area contributed by atoms with Crippen molar-refractivity contribution in [1.82, 2.24) is 4.90 Å². The first-order chi connectivity index (χ1) is 8.68. The van der Waals surface area contributed by atoms with Crippen LogP contribution >= 0.6 is 0 Å². The maximum absolute atomic E-state index is 12.2. The molecule has 1 aromatic carbocycles. The summed E-state index contributed by atoms with van der Waals surface area (Å²) in [6.07, 6.45) is 2.94. The summed E-state index contributed by atoms with van der Waals surface area (Å²) < 4.78 is 0. The molecule has 4 heteroatoms. The highest BCUT2D eigenvalue weighted by molar-refractivity contribution is 5.87. The Balaban J connectivity index is 2.05. The van der Waals surface area contributed by atoms with Crippen molar-refractivity contribution in [2.24, 2.45) is 5.73 Å². The van der Waals surface area contributed by atoms with Crippen LogP contribution in [0.15, 0.2) is 30.3 Å². The SMILES string of the molecule is NC(=O)[C@H]1CCCCN1C(=O)Cc1ccccc1. The molecule has 2 N–H and O–H groups in total. The van der Waals surface area contributed by atoms with E-state index in [0.717, 1.165) is 18.4 Å². The number of nitrogens with zero attached hydrogens (tertiary/aromatic N) is 1. The van der Waals surface area contributed by atoms with E-state index in [1.54, 1.807) is 4.90 Å². The second-order valence-corrected chi connectivity index (χ2v) is 4.66. The number of likely N-dealkylation sites (tertiary alicyclic amines) is 1. The third kappa shape index (κ3) is 2.88. The first-order valence-electron chi connectivity index (χ1n) is 6.31. The number of carbonyl (C=O) groups is 2. The molecular formula is C14H18N2O2. The third-order valence-electron chi connectivity index (χ3n) is 3.35. The summed E-state index contributed by atoms with van der Waals surface area (Å²) in [5, 5.41) is 0. The molecule has 0 saturated carbocycles. The van der Waals surface area contributed by atoms with Gasteiger partial charge < -0.3 is 10.6 Å². The maximum Gasteiger partial charge on any atom is 0.240 e. The van der Waals surface area contributed by atoms with Crippen LogP contribution in [-0.2, 0) is 16.0 Å². The lowest BCUT2D eigenvalue weighted by Crippen LogP contribution is -2.50. The Hall–Kier alpha value is -1.84. The molecule has 0 spiro atoms. The summed E-state index contributed by atoms with van der Waals surface area (Å²) in [4.78, 5) is 25.2. The molecule has 2 rings (SSSR count). The van der Waals surface area contributed by atoms with Crippen molar-refractivity contribution in [3.8, 4) is 0 Å². The van der Waals surface area contributed by atoms with Gasteiger partial charge in [-0.3, -0.25) is 9.59 Å². The van der Waals surface area contributed by atoms with Crippen molar-refractivity contribution in [2.75, 3.05) is 6.54 Å². The minimum atomic E-state index is -0.421. The van der Waals surface area contributed by atoms with E-state index < -0.39 is 11.9 Å². The minimum absolute atomic E-state index is 0.00954. The molecule has 4 nitrogen and oxygen atoms in total. The Morgan fingerprint density at radius 1 is 1.22 bits per heavy atom. The second kappa shape index (κ2) is 5.67. The number of amides is 2. The van der Waals surface area contributed by atoms with Gasteiger partial charge in [0.15, 0.2) is 0 Å². The van der Waals surface area contributed by atoms with Gasteiger partial charge in [-0.05, 0) is 24.8 Å². The third-order valence-corrected chi connectivity index (χ3v) is 3.35. The van der Waals surface area contributed by atoms with Crippen molar-refractivity contribution in [2.45, 2.75) is 31.7 Å². The Morgan fingerprint density at radius 3 is 2.61 bits per heavy atom. The Bertz CT molecular complexity index is 431. The predicted molar refractivity (Wildman–Crippen MR) is 68.7 cm³/mol. The molecule has 96 valence electrons.